The van der Waals surface area contributed by atoms with Crippen molar-refractivity contribution in [2.75, 3.05) is 5.32 Å². The average Bonchev–Trinajstić information content (AvgIpc) is 3.34. The Bertz CT molecular complexity index is 1120. The lowest BCUT2D eigenvalue weighted by Gasteiger charge is -2.19. The second-order valence-electron chi connectivity index (χ2n) is 8.85. The molecule has 1 saturated carbocycles. The Balaban J connectivity index is 1.67. The second-order valence-corrected chi connectivity index (χ2v) is 9.66. The van der Waals surface area contributed by atoms with Crippen molar-refractivity contribution in [1.82, 2.24) is 20.0 Å². The number of carbonyl (C=O) groups is 1. The number of rotatable bonds is 5. The zero-order chi connectivity index (χ0) is 22.2. The van der Waals surface area contributed by atoms with Gasteiger partial charge >= 0.3 is 5.97 Å². The number of esters is 1. The van der Waals surface area contributed by atoms with Gasteiger partial charge in [0.2, 0.25) is 0 Å². The van der Waals surface area contributed by atoms with Crippen molar-refractivity contribution in [2.24, 2.45) is 0 Å². The van der Waals surface area contributed by atoms with Gasteiger partial charge in [-0.3, -0.25) is 9.48 Å². The molecular weight excluding hydrogens is 437 g/mol. The van der Waals surface area contributed by atoms with Crippen LogP contribution in [0, 0.1) is 0 Å². The van der Waals surface area contributed by atoms with Gasteiger partial charge < -0.3 is 10.1 Å². The Labute approximate surface area is 191 Å². The second kappa shape index (κ2) is 8.63. The lowest BCUT2D eigenvalue weighted by Crippen LogP contribution is -2.26. The molecule has 0 radical (unpaired) electrons. The predicted molar refractivity (Wildman–Crippen MR) is 123 cm³/mol. The topological polar surface area (TPSA) is 81.9 Å². The summed E-state index contributed by atoms with van der Waals surface area (Å²) < 4.78 is 6.89. The summed E-state index contributed by atoms with van der Waals surface area (Å²) in [5.74, 6) is 0.342. The lowest BCUT2D eigenvalue weighted by atomic mass is 10.1. The molecule has 7 nitrogen and oxygen atoms in total. The fourth-order valence-corrected chi connectivity index (χ4v) is 4.14. The first kappa shape index (κ1) is 21.8. The summed E-state index contributed by atoms with van der Waals surface area (Å²) in [5, 5.41) is 19.3. The Kier molecular flexibility index (Phi) is 6.08. The number of benzene rings is 1. The minimum absolute atomic E-state index is 0.0105. The number of ether oxygens (including phenoxy) is 1. The fraction of sp³-hybridized carbons (Fsp3) is 0.455. The van der Waals surface area contributed by atoms with Crippen LogP contribution >= 0.6 is 23.2 Å². The van der Waals surface area contributed by atoms with Crippen molar-refractivity contribution in [1.29, 1.82) is 0 Å². The molecule has 1 N–H and O–H groups in total. The number of carbonyl (C=O) groups excluding carboxylic acids is 1. The van der Waals surface area contributed by atoms with Gasteiger partial charge in [0.15, 0.2) is 5.82 Å². The van der Waals surface area contributed by atoms with E-state index in [-0.39, 0.29) is 12.5 Å². The molecule has 31 heavy (non-hydrogen) atoms. The van der Waals surface area contributed by atoms with E-state index < -0.39 is 5.60 Å². The predicted octanol–water partition coefficient (Wildman–Crippen LogP) is 5.50. The Morgan fingerprint density at radius 1 is 1.16 bits per heavy atom. The highest BCUT2D eigenvalue weighted by Gasteiger charge is 2.21. The molecule has 4 rings (SSSR count). The van der Waals surface area contributed by atoms with Crippen LogP contribution in [0.4, 0.5) is 5.82 Å². The molecule has 9 heteroatoms. The third kappa shape index (κ3) is 5.10. The third-order valence-corrected chi connectivity index (χ3v) is 5.86. The minimum Gasteiger partial charge on any atom is -0.459 e. The van der Waals surface area contributed by atoms with Crippen LogP contribution in [0.2, 0.25) is 10.0 Å². The monoisotopic (exact) mass is 461 g/mol. The number of anilines is 1. The SMILES string of the molecule is CC(C)(C)OC(=O)Cn1cc(-c2nnc(NC3CCCC3)c3cc(Cl)c(Cl)cc23)cn1. The molecule has 0 unspecified atom stereocenters. The molecule has 0 amide bonds. The van der Waals surface area contributed by atoms with Crippen molar-refractivity contribution in [3.05, 3.63) is 34.6 Å². The molecule has 2 aromatic heterocycles. The summed E-state index contributed by atoms with van der Waals surface area (Å²) >= 11 is 12.6. The van der Waals surface area contributed by atoms with Crippen molar-refractivity contribution in [2.45, 2.75) is 64.6 Å². The van der Waals surface area contributed by atoms with Crippen molar-refractivity contribution < 1.29 is 9.53 Å². The van der Waals surface area contributed by atoms with Gasteiger partial charge in [-0.1, -0.05) is 36.0 Å². The standard InChI is InChI=1S/C22H25Cl2N5O2/c1-22(2,3)31-19(30)12-29-11-13(10-25-29)20-15-8-17(23)18(24)9-16(15)21(28-27-20)26-14-6-4-5-7-14/h8-11,14H,4-7,12H2,1-3H3,(H,26,28). The van der Waals surface area contributed by atoms with Gasteiger partial charge in [-0.2, -0.15) is 5.10 Å². The minimum atomic E-state index is -0.549. The molecule has 164 valence electrons. The third-order valence-electron chi connectivity index (χ3n) is 5.13. The molecule has 1 fully saturated rings. The molecule has 2 heterocycles. The number of aromatic nitrogens is 4. The van der Waals surface area contributed by atoms with Crippen molar-refractivity contribution in [3.8, 4) is 11.3 Å². The smallest absolute Gasteiger partial charge is 0.328 e. The maximum absolute atomic E-state index is 12.1. The Morgan fingerprint density at radius 2 is 1.84 bits per heavy atom. The number of nitrogens with one attached hydrogen (secondary N) is 1. The van der Waals surface area contributed by atoms with Crippen LogP contribution in [0.1, 0.15) is 46.5 Å². The largest absolute Gasteiger partial charge is 0.459 e. The van der Waals surface area contributed by atoms with Crippen LogP contribution in [0.25, 0.3) is 22.0 Å². The fourth-order valence-electron chi connectivity index (χ4n) is 3.81. The molecular formula is C22H25Cl2N5O2. The molecule has 0 spiro atoms. The highest BCUT2D eigenvalue weighted by atomic mass is 35.5. The van der Waals surface area contributed by atoms with Gasteiger partial charge in [0.25, 0.3) is 0 Å². The summed E-state index contributed by atoms with van der Waals surface area (Å²) in [6.07, 6.45) is 8.06. The average molecular weight is 462 g/mol. The summed E-state index contributed by atoms with van der Waals surface area (Å²) in [6.45, 7) is 5.50. The summed E-state index contributed by atoms with van der Waals surface area (Å²) in [7, 11) is 0. The maximum atomic E-state index is 12.1. The summed E-state index contributed by atoms with van der Waals surface area (Å²) in [6, 6.07) is 4.00. The highest BCUT2D eigenvalue weighted by Crippen LogP contribution is 2.36. The van der Waals surface area contributed by atoms with Crippen LogP contribution < -0.4 is 5.32 Å². The number of nitrogens with zero attached hydrogens (tertiary/aromatic N) is 4. The van der Waals surface area contributed by atoms with E-state index in [1.54, 1.807) is 18.5 Å². The van der Waals surface area contributed by atoms with Gasteiger partial charge in [-0.15, -0.1) is 10.2 Å². The van der Waals surface area contributed by atoms with E-state index in [2.05, 4.69) is 20.6 Å². The molecule has 1 aliphatic carbocycles. The zero-order valence-corrected chi connectivity index (χ0v) is 19.3. The van der Waals surface area contributed by atoms with Gasteiger partial charge in [-0.25, -0.2) is 0 Å². The van der Waals surface area contributed by atoms with Gasteiger partial charge in [0.05, 0.1) is 16.2 Å². The van der Waals surface area contributed by atoms with E-state index in [0.717, 1.165) is 29.2 Å². The number of hydrogen-bond donors (Lipinski definition) is 1. The molecule has 3 aromatic rings. The maximum Gasteiger partial charge on any atom is 0.328 e. The van der Waals surface area contributed by atoms with Gasteiger partial charge in [0, 0.05) is 28.6 Å². The van der Waals surface area contributed by atoms with Crippen LogP contribution in [0.3, 0.4) is 0 Å². The van der Waals surface area contributed by atoms with Crippen LogP contribution in [-0.4, -0.2) is 37.6 Å². The van der Waals surface area contributed by atoms with Crippen LogP contribution in [-0.2, 0) is 16.1 Å². The van der Waals surface area contributed by atoms with Crippen molar-refractivity contribution >= 4 is 45.8 Å². The molecule has 1 aliphatic rings. The Hall–Kier alpha value is -2.38. The highest BCUT2D eigenvalue weighted by molar-refractivity contribution is 6.43. The van der Waals surface area contributed by atoms with Crippen LogP contribution in [0.15, 0.2) is 24.5 Å². The van der Waals surface area contributed by atoms with Gasteiger partial charge in [-0.05, 0) is 45.7 Å². The van der Waals surface area contributed by atoms with E-state index in [1.807, 2.05) is 26.8 Å². The molecule has 1 aromatic carbocycles. The first-order valence-electron chi connectivity index (χ1n) is 10.4. The quantitative estimate of drug-likeness (QED) is 0.505. The van der Waals surface area contributed by atoms with E-state index >= 15 is 0 Å². The first-order chi connectivity index (χ1) is 14.7. The Morgan fingerprint density at radius 3 is 2.52 bits per heavy atom. The van der Waals surface area contributed by atoms with Crippen molar-refractivity contribution in [3.63, 3.8) is 0 Å². The van der Waals surface area contributed by atoms with Crippen LogP contribution in [0.5, 0.6) is 0 Å². The summed E-state index contributed by atoms with van der Waals surface area (Å²) in [5.41, 5.74) is 0.806. The van der Waals surface area contributed by atoms with E-state index in [4.69, 9.17) is 27.9 Å². The molecule has 0 saturated heterocycles. The van der Waals surface area contributed by atoms with E-state index in [0.29, 0.717) is 27.6 Å². The lowest BCUT2D eigenvalue weighted by molar-refractivity contribution is -0.155. The number of fused-ring (bicyclic) bond motifs is 1. The zero-order valence-electron chi connectivity index (χ0n) is 17.8. The normalized spacial score (nSPS) is 14.9. The van der Waals surface area contributed by atoms with E-state index in [1.165, 1.54) is 17.5 Å². The molecule has 0 bridgehead atoms. The molecule has 0 atom stereocenters. The number of halogens is 2. The van der Waals surface area contributed by atoms with Gasteiger partial charge in [0.1, 0.15) is 17.8 Å². The first-order valence-corrected chi connectivity index (χ1v) is 11.1. The molecule has 0 aliphatic heterocycles. The summed E-state index contributed by atoms with van der Waals surface area (Å²) in [4.78, 5) is 12.1. The van der Waals surface area contributed by atoms with E-state index in [9.17, 15) is 4.79 Å². The number of hydrogen-bond acceptors (Lipinski definition) is 6.